The first kappa shape index (κ1) is 13.4. The molecule has 2 N–H and O–H groups in total. The maximum Gasteiger partial charge on any atom is 0.0393 e. The molecule has 0 spiro atoms. The molecule has 0 aliphatic heterocycles. The lowest BCUT2D eigenvalue weighted by molar-refractivity contribution is 0.722. The van der Waals surface area contributed by atoms with Crippen LogP contribution in [0.4, 0.5) is 5.69 Å². The molecule has 2 rings (SSSR count). The van der Waals surface area contributed by atoms with E-state index >= 15 is 0 Å². The number of nitrogens with two attached hydrogens (primary N) is 1. The Labute approximate surface area is 111 Å². The highest BCUT2D eigenvalue weighted by Crippen LogP contribution is 2.39. The summed E-state index contributed by atoms with van der Waals surface area (Å²) in [5.74, 6) is 1.82. The van der Waals surface area contributed by atoms with Crippen molar-refractivity contribution in [2.45, 2.75) is 39.7 Å². The number of hydrogen-bond donors (Lipinski definition) is 1. The number of hydrogen-bond acceptors (Lipinski definition) is 2. The van der Waals surface area contributed by atoms with Gasteiger partial charge in [-0.2, -0.15) is 0 Å². The van der Waals surface area contributed by atoms with E-state index < -0.39 is 0 Å². The molecule has 1 fully saturated rings. The molecule has 0 amide bonds. The van der Waals surface area contributed by atoms with E-state index in [1.54, 1.807) is 0 Å². The molecule has 2 heteroatoms. The quantitative estimate of drug-likeness (QED) is 0.865. The second-order valence-corrected chi connectivity index (χ2v) is 6.16. The van der Waals surface area contributed by atoms with Crippen molar-refractivity contribution >= 4 is 5.69 Å². The van der Waals surface area contributed by atoms with Gasteiger partial charge in [0.1, 0.15) is 0 Å². The summed E-state index contributed by atoms with van der Waals surface area (Å²) >= 11 is 0. The van der Waals surface area contributed by atoms with Gasteiger partial charge in [0.25, 0.3) is 0 Å². The fourth-order valence-corrected chi connectivity index (χ4v) is 2.75. The van der Waals surface area contributed by atoms with Crippen molar-refractivity contribution in [1.82, 2.24) is 0 Å². The lowest BCUT2D eigenvalue weighted by atomic mass is 10.0. The molecular weight excluding hydrogens is 220 g/mol. The van der Waals surface area contributed by atoms with Crippen LogP contribution in [0.2, 0.25) is 0 Å². The van der Waals surface area contributed by atoms with E-state index in [4.69, 9.17) is 5.73 Å². The maximum absolute atomic E-state index is 5.85. The SMILES string of the molecule is Cc1cc(CC(C)N)ccc1N(C)CC1CC1C. The molecule has 2 nitrogen and oxygen atoms in total. The molecule has 0 bridgehead atoms. The maximum atomic E-state index is 5.85. The van der Waals surface area contributed by atoms with Crippen molar-refractivity contribution in [3.8, 4) is 0 Å². The van der Waals surface area contributed by atoms with Crippen LogP contribution in [0, 0.1) is 18.8 Å². The summed E-state index contributed by atoms with van der Waals surface area (Å²) in [4.78, 5) is 2.40. The predicted octanol–water partition coefficient (Wildman–Crippen LogP) is 2.98. The Hall–Kier alpha value is -1.02. The van der Waals surface area contributed by atoms with Crippen LogP contribution in [0.1, 0.15) is 31.4 Å². The van der Waals surface area contributed by atoms with Crippen LogP contribution in [-0.4, -0.2) is 19.6 Å². The summed E-state index contributed by atoms with van der Waals surface area (Å²) in [6.45, 7) is 7.79. The molecule has 0 heterocycles. The fourth-order valence-electron chi connectivity index (χ4n) is 2.75. The van der Waals surface area contributed by atoms with Crippen LogP contribution in [0.3, 0.4) is 0 Å². The first-order valence-corrected chi connectivity index (χ1v) is 7.03. The van der Waals surface area contributed by atoms with Gasteiger partial charge < -0.3 is 10.6 Å². The highest BCUT2D eigenvalue weighted by molar-refractivity contribution is 5.54. The third-order valence-electron chi connectivity index (χ3n) is 4.01. The van der Waals surface area contributed by atoms with Gasteiger partial charge in [0.2, 0.25) is 0 Å². The smallest absolute Gasteiger partial charge is 0.0393 e. The molecule has 1 aromatic rings. The summed E-state index contributed by atoms with van der Waals surface area (Å²) in [6.07, 6.45) is 2.36. The van der Waals surface area contributed by atoms with Crippen molar-refractivity contribution in [3.63, 3.8) is 0 Å². The number of anilines is 1. The minimum absolute atomic E-state index is 0.236. The number of rotatable bonds is 5. The minimum Gasteiger partial charge on any atom is -0.374 e. The molecule has 18 heavy (non-hydrogen) atoms. The normalized spacial score (nSPS) is 23.8. The summed E-state index contributed by atoms with van der Waals surface area (Å²) in [7, 11) is 2.21. The summed E-state index contributed by atoms with van der Waals surface area (Å²) in [5, 5.41) is 0. The van der Waals surface area contributed by atoms with Gasteiger partial charge in [-0.1, -0.05) is 19.1 Å². The average molecular weight is 246 g/mol. The van der Waals surface area contributed by atoms with E-state index in [0.717, 1.165) is 18.3 Å². The zero-order valence-corrected chi connectivity index (χ0v) is 12.1. The Balaban J connectivity index is 2.04. The van der Waals surface area contributed by atoms with Gasteiger partial charge in [-0.15, -0.1) is 0 Å². The van der Waals surface area contributed by atoms with Gasteiger partial charge >= 0.3 is 0 Å². The predicted molar refractivity (Wildman–Crippen MR) is 79.1 cm³/mol. The molecule has 100 valence electrons. The van der Waals surface area contributed by atoms with Crippen LogP contribution in [0.15, 0.2) is 18.2 Å². The molecule has 1 aliphatic carbocycles. The summed E-state index contributed by atoms with van der Waals surface area (Å²) in [5.41, 5.74) is 9.93. The van der Waals surface area contributed by atoms with Crippen molar-refractivity contribution in [3.05, 3.63) is 29.3 Å². The third kappa shape index (κ3) is 3.26. The van der Waals surface area contributed by atoms with Crippen molar-refractivity contribution < 1.29 is 0 Å². The number of aryl methyl sites for hydroxylation is 1. The fraction of sp³-hybridized carbons (Fsp3) is 0.625. The van der Waals surface area contributed by atoms with Crippen molar-refractivity contribution in [2.24, 2.45) is 17.6 Å². The first-order valence-electron chi connectivity index (χ1n) is 7.03. The molecule has 0 radical (unpaired) electrons. The lowest BCUT2D eigenvalue weighted by Gasteiger charge is -2.22. The molecule has 0 saturated heterocycles. The van der Waals surface area contributed by atoms with Crippen LogP contribution in [0.25, 0.3) is 0 Å². The molecule has 1 aromatic carbocycles. The van der Waals surface area contributed by atoms with Crippen molar-refractivity contribution in [2.75, 3.05) is 18.5 Å². The number of nitrogens with zero attached hydrogens (tertiary/aromatic N) is 1. The van der Waals surface area contributed by atoms with E-state index in [1.807, 2.05) is 0 Å². The molecule has 0 aromatic heterocycles. The average Bonchev–Trinajstić information content (AvgIpc) is 2.92. The van der Waals surface area contributed by atoms with E-state index in [9.17, 15) is 0 Å². The zero-order valence-electron chi connectivity index (χ0n) is 12.1. The second kappa shape index (κ2) is 5.31. The Morgan fingerprint density at radius 2 is 2.11 bits per heavy atom. The van der Waals surface area contributed by atoms with E-state index in [1.165, 1.54) is 29.8 Å². The Kier molecular flexibility index (Phi) is 3.96. The zero-order chi connectivity index (χ0) is 13.3. The highest BCUT2D eigenvalue weighted by Gasteiger charge is 2.33. The van der Waals surface area contributed by atoms with Crippen molar-refractivity contribution in [1.29, 1.82) is 0 Å². The largest absolute Gasteiger partial charge is 0.374 e. The third-order valence-corrected chi connectivity index (χ3v) is 4.01. The Bertz CT molecular complexity index is 412. The van der Waals surface area contributed by atoms with Gasteiger partial charge in [0.05, 0.1) is 0 Å². The topological polar surface area (TPSA) is 29.3 Å². The highest BCUT2D eigenvalue weighted by atomic mass is 15.1. The van der Waals surface area contributed by atoms with E-state index in [-0.39, 0.29) is 6.04 Å². The van der Waals surface area contributed by atoms with Crippen LogP contribution in [-0.2, 0) is 6.42 Å². The molecular formula is C16H26N2. The Morgan fingerprint density at radius 1 is 1.44 bits per heavy atom. The van der Waals surface area contributed by atoms with E-state index in [0.29, 0.717) is 0 Å². The van der Waals surface area contributed by atoms with Crippen LogP contribution >= 0.6 is 0 Å². The van der Waals surface area contributed by atoms with Crippen LogP contribution in [0.5, 0.6) is 0 Å². The lowest BCUT2D eigenvalue weighted by Crippen LogP contribution is -2.22. The molecule has 1 saturated carbocycles. The first-order chi connectivity index (χ1) is 8.47. The number of benzene rings is 1. The van der Waals surface area contributed by atoms with Gasteiger partial charge in [0.15, 0.2) is 0 Å². The standard InChI is InChI=1S/C16H26N2/c1-11-8-15(11)10-18(4)16-6-5-14(7-12(16)2)9-13(3)17/h5-7,11,13,15H,8-10,17H2,1-4H3. The van der Waals surface area contributed by atoms with Gasteiger partial charge in [0, 0.05) is 25.3 Å². The molecule has 3 unspecified atom stereocenters. The Morgan fingerprint density at radius 3 is 2.61 bits per heavy atom. The monoisotopic (exact) mass is 246 g/mol. The summed E-state index contributed by atoms with van der Waals surface area (Å²) < 4.78 is 0. The molecule has 3 atom stereocenters. The van der Waals surface area contributed by atoms with Gasteiger partial charge in [-0.3, -0.25) is 0 Å². The molecule has 1 aliphatic rings. The van der Waals surface area contributed by atoms with Crippen LogP contribution < -0.4 is 10.6 Å². The van der Waals surface area contributed by atoms with E-state index in [2.05, 4.69) is 50.9 Å². The second-order valence-electron chi connectivity index (χ2n) is 6.16. The summed E-state index contributed by atoms with van der Waals surface area (Å²) in [6, 6.07) is 6.99. The minimum atomic E-state index is 0.236. The van der Waals surface area contributed by atoms with Gasteiger partial charge in [-0.05, 0) is 55.7 Å². The van der Waals surface area contributed by atoms with Gasteiger partial charge in [-0.25, -0.2) is 0 Å².